The first-order valence-electron chi connectivity index (χ1n) is 8.81. The molecule has 29 heavy (non-hydrogen) atoms. The number of likely N-dealkylation sites (N-methyl/N-ethyl adjacent to an activating group) is 1. The summed E-state index contributed by atoms with van der Waals surface area (Å²) in [4.78, 5) is 28.0. The zero-order chi connectivity index (χ0) is 20.3. The van der Waals surface area contributed by atoms with Crippen molar-refractivity contribution in [3.8, 4) is 0 Å². The topological polar surface area (TPSA) is 92.8 Å². The first-order valence-corrected chi connectivity index (χ1v) is 11.3. The zero-order valence-electron chi connectivity index (χ0n) is 16.1. The lowest BCUT2D eigenvalue weighted by Gasteiger charge is -2.22. The summed E-state index contributed by atoms with van der Waals surface area (Å²) in [7, 11) is -0.246. The highest BCUT2D eigenvalue weighted by Gasteiger charge is 2.28. The summed E-state index contributed by atoms with van der Waals surface area (Å²) in [6.45, 7) is 1.51. The molecule has 1 aromatic heterocycles. The number of amides is 1. The van der Waals surface area contributed by atoms with Crippen LogP contribution in [-0.2, 0) is 32.3 Å². The van der Waals surface area contributed by atoms with Crippen LogP contribution in [0.25, 0.3) is 0 Å². The molecule has 0 aliphatic carbocycles. The minimum absolute atomic E-state index is 0. The lowest BCUT2D eigenvalue weighted by molar-refractivity contribution is -0.115. The molecule has 158 valence electrons. The van der Waals surface area contributed by atoms with E-state index in [2.05, 4.69) is 10.2 Å². The summed E-state index contributed by atoms with van der Waals surface area (Å²) in [6.07, 6.45) is 0.505. The number of carbonyl (C=O) groups is 2. The lowest BCUT2D eigenvalue weighted by Crippen LogP contribution is -2.26. The van der Waals surface area contributed by atoms with E-state index in [0.717, 1.165) is 17.0 Å². The molecule has 0 spiro atoms. The van der Waals surface area contributed by atoms with Gasteiger partial charge in [-0.05, 0) is 31.2 Å². The third-order valence-corrected chi connectivity index (χ3v) is 7.45. The second kappa shape index (κ2) is 9.71. The molecule has 1 aliphatic heterocycles. The van der Waals surface area contributed by atoms with E-state index in [1.54, 1.807) is 18.2 Å². The molecule has 1 amide bonds. The number of anilines is 1. The number of hydrogen-bond acceptors (Lipinski definition) is 7. The van der Waals surface area contributed by atoms with Gasteiger partial charge in [0.15, 0.2) is 9.84 Å². The van der Waals surface area contributed by atoms with Crippen molar-refractivity contribution in [2.45, 2.75) is 24.3 Å². The van der Waals surface area contributed by atoms with Crippen LogP contribution >= 0.6 is 23.7 Å². The quantitative estimate of drug-likeness (QED) is 0.669. The molecule has 1 aliphatic rings. The molecule has 0 unspecified atom stereocenters. The van der Waals surface area contributed by atoms with Crippen molar-refractivity contribution in [1.82, 2.24) is 4.90 Å². The minimum Gasteiger partial charge on any atom is -0.465 e. The first-order chi connectivity index (χ1) is 13.3. The number of halogens is 1. The van der Waals surface area contributed by atoms with Crippen LogP contribution in [0, 0.1) is 0 Å². The molecule has 0 fully saturated rings. The van der Waals surface area contributed by atoms with Gasteiger partial charge in [-0.1, -0.05) is 18.2 Å². The number of hydrogen-bond donors (Lipinski definition) is 1. The molecule has 3 rings (SSSR count). The van der Waals surface area contributed by atoms with Gasteiger partial charge in [0.2, 0.25) is 5.91 Å². The Labute approximate surface area is 180 Å². The minimum atomic E-state index is -3.54. The number of methoxy groups -OCH3 is 1. The molecule has 0 bridgehead atoms. The maximum atomic E-state index is 12.4. The zero-order valence-corrected chi connectivity index (χ0v) is 18.6. The van der Waals surface area contributed by atoms with E-state index in [4.69, 9.17) is 4.74 Å². The fourth-order valence-electron chi connectivity index (χ4n) is 3.10. The van der Waals surface area contributed by atoms with Crippen LogP contribution in [-0.4, -0.2) is 51.6 Å². The molecule has 0 saturated carbocycles. The number of ether oxygens (including phenoxy) is 1. The van der Waals surface area contributed by atoms with Crippen molar-refractivity contribution in [3.63, 3.8) is 0 Å². The summed E-state index contributed by atoms with van der Waals surface area (Å²) in [5, 5.41) is 3.14. The smallest absolute Gasteiger partial charge is 0.341 e. The highest BCUT2D eigenvalue weighted by molar-refractivity contribution is 7.91. The van der Waals surface area contributed by atoms with Crippen molar-refractivity contribution in [2.75, 3.05) is 31.8 Å². The van der Waals surface area contributed by atoms with Gasteiger partial charge in [-0.2, -0.15) is 0 Å². The number of esters is 1. The van der Waals surface area contributed by atoms with Crippen LogP contribution < -0.4 is 5.32 Å². The van der Waals surface area contributed by atoms with Gasteiger partial charge in [-0.25, -0.2) is 13.2 Å². The highest BCUT2D eigenvalue weighted by Crippen LogP contribution is 2.37. The number of nitrogens with one attached hydrogen (secondary N) is 1. The molecule has 0 atom stereocenters. The molecule has 2 heterocycles. The second-order valence-corrected chi connectivity index (χ2v) is 9.83. The summed E-state index contributed by atoms with van der Waals surface area (Å²) in [5.41, 5.74) is 1.29. The Morgan fingerprint density at radius 1 is 1.24 bits per heavy atom. The number of thiophene rings is 1. The number of rotatable bonds is 6. The normalized spacial score (nSPS) is 13.9. The van der Waals surface area contributed by atoms with Crippen molar-refractivity contribution < 1.29 is 22.7 Å². The van der Waals surface area contributed by atoms with E-state index in [-0.39, 0.29) is 29.5 Å². The number of fused-ring (bicyclic) bond motifs is 1. The Balaban J connectivity index is 0.00000300. The molecule has 0 radical (unpaired) electrons. The van der Waals surface area contributed by atoms with Gasteiger partial charge in [0.1, 0.15) is 5.00 Å². The van der Waals surface area contributed by atoms with E-state index in [9.17, 15) is 18.0 Å². The van der Waals surface area contributed by atoms with Gasteiger partial charge in [0, 0.05) is 24.4 Å². The Hall–Kier alpha value is -1.94. The third kappa shape index (κ3) is 5.36. The molecule has 7 nitrogen and oxygen atoms in total. The van der Waals surface area contributed by atoms with Gasteiger partial charge < -0.3 is 15.0 Å². The second-order valence-electron chi connectivity index (χ2n) is 6.62. The van der Waals surface area contributed by atoms with Crippen LogP contribution in [0.4, 0.5) is 5.00 Å². The summed E-state index contributed by atoms with van der Waals surface area (Å²) < 4.78 is 29.6. The summed E-state index contributed by atoms with van der Waals surface area (Å²) in [5.74, 6) is -1.24. The van der Waals surface area contributed by atoms with Crippen molar-refractivity contribution in [1.29, 1.82) is 0 Å². The predicted octanol–water partition coefficient (Wildman–Crippen LogP) is 2.75. The van der Waals surface area contributed by atoms with E-state index in [1.165, 1.54) is 30.6 Å². The number of nitrogens with zero attached hydrogens (tertiary/aromatic N) is 1. The van der Waals surface area contributed by atoms with Crippen molar-refractivity contribution >= 4 is 50.5 Å². The van der Waals surface area contributed by atoms with Crippen molar-refractivity contribution in [2.24, 2.45) is 0 Å². The molecule has 10 heteroatoms. The van der Waals surface area contributed by atoms with Gasteiger partial charge >= 0.3 is 5.97 Å². The molecule has 1 aromatic carbocycles. The SMILES string of the molecule is COC(=O)c1c(NC(=O)CCS(=O)(=O)c2ccccc2)sc2c1CCN(C)C2.Cl. The van der Waals surface area contributed by atoms with E-state index >= 15 is 0 Å². The van der Waals surface area contributed by atoms with Gasteiger partial charge in [0.25, 0.3) is 0 Å². The van der Waals surface area contributed by atoms with Crippen LogP contribution in [0.15, 0.2) is 35.2 Å². The standard InChI is InChI=1S/C19H22N2O5S2.ClH/c1-21-10-8-14-15(12-21)27-18(17(14)19(23)26-2)20-16(22)9-11-28(24,25)13-6-4-3-5-7-13;/h3-7H,8-12H2,1-2H3,(H,20,22);1H. The Bertz CT molecular complexity index is 990. The molecular weight excluding hydrogens is 436 g/mol. The molecule has 2 aromatic rings. The van der Waals surface area contributed by atoms with Crippen LogP contribution in [0.3, 0.4) is 0 Å². The maximum absolute atomic E-state index is 12.4. The average molecular weight is 459 g/mol. The Morgan fingerprint density at radius 2 is 1.93 bits per heavy atom. The van der Waals surface area contributed by atoms with E-state index < -0.39 is 21.7 Å². The first kappa shape index (κ1) is 23.3. The largest absolute Gasteiger partial charge is 0.465 e. The van der Waals surface area contributed by atoms with E-state index in [0.29, 0.717) is 23.5 Å². The third-order valence-electron chi connectivity index (χ3n) is 4.59. The highest BCUT2D eigenvalue weighted by atomic mass is 35.5. The lowest BCUT2D eigenvalue weighted by atomic mass is 10.0. The summed E-state index contributed by atoms with van der Waals surface area (Å²) in [6, 6.07) is 8.03. The molecular formula is C19H23ClN2O5S2. The molecule has 0 saturated heterocycles. The average Bonchev–Trinajstić information content (AvgIpc) is 3.03. The van der Waals surface area contributed by atoms with Crippen LogP contribution in [0.1, 0.15) is 27.2 Å². The monoisotopic (exact) mass is 458 g/mol. The van der Waals surface area contributed by atoms with Crippen LogP contribution in [0.5, 0.6) is 0 Å². The summed E-state index contributed by atoms with van der Waals surface area (Å²) >= 11 is 1.34. The van der Waals surface area contributed by atoms with Gasteiger partial charge in [-0.15, -0.1) is 23.7 Å². The van der Waals surface area contributed by atoms with Crippen LogP contribution in [0.2, 0.25) is 0 Å². The fourth-order valence-corrected chi connectivity index (χ4v) is 5.69. The van der Waals surface area contributed by atoms with Gasteiger partial charge in [-0.3, -0.25) is 4.79 Å². The number of benzene rings is 1. The predicted molar refractivity (Wildman–Crippen MR) is 115 cm³/mol. The Kier molecular flexibility index (Phi) is 7.81. The maximum Gasteiger partial charge on any atom is 0.341 e. The fraction of sp³-hybridized carbons (Fsp3) is 0.368. The van der Waals surface area contributed by atoms with E-state index in [1.807, 2.05) is 7.05 Å². The Morgan fingerprint density at radius 3 is 2.59 bits per heavy atom. The number of carbonyl (C=O) groups excluding carboxylic acids is 2. The molecule has 1 N–H and O–H groups in total. The van der Waals surface area contributed by atoms with Crippen molar-refractivity contribution in [3.05, 3.63) is 46.3 Å². The van der Waals surface area contributed by atoms with Gasteiger partial charge in [0.05, 0.1) is 23.3 Å². The number of sulfone groups is 1.